The monoisotopic (exact) mass is 245 g/mol. The van der Waals surface area contributed by atoms with E-state index in [9.17, 15) is 0 Å². The Morgan fingerprint density at radius 1 is 1.18 bits per heavy atom. The van der Waals surface area contributed by atoms with Crippen molar-refractivity contribution in [3.8, 4) is 0 Å². The lowest BCUT2D eigenvalue weighted by Gasteiger charge is -2.14. The third-order valence-corrected chi connectivity index (χ3v) is 3.84. The molecule has 2 aromatic rings. The highest BCUT2D eigenvalue weighted by atomic mass is 32.1. The molecule has 0 bridgehead atoms. The fourth-order valence-electron chi connectivity index (χ4n) is 1.98. The summed E-state index contributed by atoms with van der Waals surface area (Å²) in [5, 5.41) is 7.93. The molecule has 17 heavy (non-hydrogen) atoms. The number of benzene rings is 1. The van der Waals surface area contributed by atoms with Crippen molar-refractivity contribution in [3.05, 3.63) is 57.8 Å². The van der Waals surface area contributed by atoms with E-state index in [4.69, 9.17) is 0 Å². The highest BCUT2D eigenvalue weighted by Gasteiger charge is 2.06. The average molecular weight is 245 g/mol. The van der Waals surface area contributed by atoms with E-state index in [0.29, 0.717) is 6.04 Å². The molecule has 0 spiro atoms. The normalized spacial score (nSPS) is 12.6. The molecule has 1 aromatic heterocycles. The van der Waals surface area contributed by atoms with E-state index in [1.54, 1.807) is 11.3 Å². The molecule has 2 rings (SSSR count). The standard InChI is InChI=1S/C15H19NS/c1-3-13-6-4-5-7-14(13)10-16-12(2)15-8-9-17-11-15/h4-9,11-12,16H,3,10H2,1-2H3. The number of rotatable bonds is 5. The van der Waals surface area contributed by atoms with Gasteiger partial charge in [-0.1, -0.05) is 31.2 Å². The summed E-state index contributed by atoms with van der Waals surface area (Å²) in [5.41, 5.74) is 4.23. The van der Waals surface area contributed by atoms with Gasteiger partial charge in [-0.15, -0.1) is 0 Å². The predicted molar refractivity (Wildman–Crippen MR) is 75.4 cm³/mol. The van der Waals surface area contributed by atoms with Crippen molar-refractivity contribution >= 4 is 11.3 Å². The predicted octanol–water partition coefficient (Wildman–Crippen LogP) is 4.16. The fourth-order valence-corrected chi connectivity index (χ4v) is 2.73. The van der Waals surface area contributed by atoms with Crippen molar-refractivity contribution < 1.29 is 0 Å². The van der Waals surface area contributed by atoms with E-state index in [1.807, 2.05) is 0 Å². The van der Waals surface area contributed by atoms with Crippen LogP contribution in [0.2, 0.25) is 0 Å². The Kier molecular flexibility index (Phi) is 4.35. The molecule has 1 N–H and O–H groups in total. The summed E-state index contributed by atoms with van der Waals surface area (Å²) in [6, 6.07) is 11.3. The van der Waals surface area contributed by atoms with Gasteiger partial charge >= 0.3 is 0 Å². The number of thiophene rings is 1. The summed E-state index contributed by atoms with van der Waals surface area (Å²) >= 11 is 1.76. The van der Waals surface area contributed by atoms with Gasteiger partial charge in [-0.25, -0.2) is 0 Å². The number of nitrogens with one attached hydrogen (secondary N) is 1. The van der Waals surface area contributed by atoms with Crippen molar-refractivity contribution in [3.63, 3.8) is 0 Å². The van der Waals surface area contributed by atoms with Crippen LogP contribution >= 0.6 is 11.3 Å². The highest BCUT2D eigenvalue weighted by Crippen LogP contribution is 2.17. The number of hydrogen-bond acceptors (Lipinski definition) is 2. The minimum absolute atomic E-state index is 0.422. The first-order chi connectivity index (χ1) is 8.31. The molecule has 90 valence electrons. The quantitative estimate of drug-likeness (QED) is 0.834. The molecule has 0 saturated carbocycles. The maximum Gasteiger partial charge on any atom is 0.0303 e. The van der Waals surface area contributed by atoms with E-state index in [2.05, 4.69) is 60.3 Å². The van der Waals surface area contributed by atoms with E-state index >= 15 is 0 Å². The summed E-state index contributed by atoms with van der Waals surface area (Å²) in [7, 11) is 0. The average Bonchev–Trinajstić information content (AvgIpc) is 2.90. The largest absolute Gasteiger partial charge is 0.306 e. The van der Waals surface area contributed by atoms with Crippen LogP contribution in [0, 0.1) is 0 Å². The molecule has 1 atom stereocenters. The second-order valence-corrected chi connectivity index (χ2v) is 5.06. The smallest absolute Gasteiger partial charge is 0.0303 e. The molecular formula is C15H19NS. The molecule has 1 aromatic carbocycles. The number of hydrogen-bond donors (Lipinski definition) is 1. The van der Waals surface area contributed by atoms with Crippen LogP contribution in [0.25, 0.3) is 0 Å². The van der Waals surface area contributed by atoms with Gasteiger partial charge in [-0.3, -0.25) is 0 Å². The van der Waals surface area contributed by atoms with Crippen molar-refractivity contribution in [2.24, 2.45) is 0 Å². The van der Waals surface area contributed by atoms with Crippen molar-refractivity contribution in [2.75, 3.05) is 0 Å². The Hall–Kier alpha value is -1.12. The molecular weight excluding hydrogens is 226 g/mol. The fraction of sp³-hybridized carbons (Fsp3) is 0.333. The molecule has 1 heterocycles. The second-order valence-electron chi connectivity index (χ2n) is 4.28. The SMILES string of the molecule is CCc1ccccc1CNC(C)c1ccsc1. The van der Waals surface area contributed by atoms with Crippen LogP contribution in [0.1, 0.15) is 36.6 Å². The number of aryl methyl sites for hydroxylation is 1. The molecule has 0 saturated heterocycles. The Bertz CT molecular complexity index is 448. The zero-order valence-electron chi connectivity index (χ0n) is 10.4. The van der Waals surface area contributed by atoms with Crippen LogP contribution in [0.5, 0.6) is 0 Å². The molecule has 0 aliphatic rings. The van der Waals surface area contributed by atoms with Crippen LogP contribution in [-0.4, -0.2) is 0 Å². The maximum atomic E-state index is 3.58. The van der Waals surface area contributed by atoms with Crippen LogP contribution in [0.4, 0.5) is 0 Å². The van der Waals surface area contributed by atoms with E-state index < -0.39 is 0 Å². The lowest BCUT2D eigenvalue weighted by molar-refractivity contribution is 0.574. The van der Waals surface area contributed by atoms with Gasteiger partial charge in [0.2, 0.25) is 0 Å². The second kappa shape index (κ2) is 5.99. The van der Waals surface area contributed by atoms with Gasteiger partial charge in [0.1, 0.15) is 0 Å². The first-order valence-corrected chi connectivity index (χ1v) is 7.07. The zero-order valence-corrected chi connectivity index (χ0v) is 11.3. The molecule has 2 heteroatoms. The van der Waals surface area contributed by atoms with E-state index in [1.165, 1.54) is 16.7 Å². The van der Waals surface area contributed by atoms with Gasteiger partial charge in [0, 0.05) is 12.6 Å². The lowest BCUT2D eigenvalue weighted by atomic mass is 10.0. The van der Waals surface area contributed by atoms with Crippen LogP contribution < -0.4 is 5.32 Å². The third-order valence-electron chi connectivity index (χ3n) is 3.14. The summed E-state index contributed by atoms with van der Waals surface area (Å²) in [6.07, 6.45) is 1.10. The summed E-state index contributed by atoms with van der Waals surface area (Å²) < 4.78 is 0. The van der Waals surface area contributed by atoms with Crippen LogP contribution in [0.3, 0.4) is 0 Å². The summed E-state index contributed by atoms with van der Waals surface area (Å²) in [5.74, 6) is 0. The minimum atomic E-state index is 0.422. The van der Waals surface area contributed by atoms with Gasteiger partial charge < -0.3 is 5.32 Å². The molecule has 0 radical (unpaired) electrons. The van der Waals surface area contributed by atoms with Gasteiger partial charge in [0.25, 0.3) is 0 Å². The Balaban J connectivity index is 1.98. The highest BCUT2D eigenvalue weighted by molar-refractivity contribution is 7.07. The molecule has 0 aliphatic carbocycles. The molecule has 0 fully saturated rings. The van der Waals surface area contributed by atoms with Gasteiger partial charge in [0.15, 0.2) is 0 Å². The van der Waals surface area contributed by atoms with Crippen LogP contribution in [0.15, 0.2) is 41.1 Å². The topological polar surface area (TPSA) is 12.0 Å². The van der Waals surface area contributed by atoms with E-state index in [0.717, 1.165) is 13.0 Å². The molecule has 0 aliphatic heterocycles. The zero-order chi connectivity index (χ0) is 12.1. The lowest BCUT2D eigenvalue weighted by Crippen LogP contribution is -2.18. The van der Waals surface area contributed by atoms with Crippen molar-refractivity contribution in [2.45, 2.75) is 32.9 Å². The summed E-state index contributed by atoms with van der Waals surface area (Å²) in [6.45, 7) is 5.37. The van der Waals surface area contributed by atoms with Gasteiger partial charge in [0.05, 0.1) is 0 Å². The van der Waals surface area contributed by atoms with Gasteiger partial charge in [-0.2, -0.15) is 11.3 Å². The van der Waals surface area contributed by atoms with Crippen LogP contribution in [-0.2, 0) is 13.0 Å². The molecule has 1 unspecified atom stereocenters. The Morgan fingerprint density at radius 3 is 2.59 bits per heavy atom. The summed E-state index contributed by atoms with van der Waals surface area (Å²) in [4.78, 5) is 0. The minimum Gasteiger partial charge on any atom is -0.306 e. The third kappa shape index (κ3) is 3.18. The maximum absolute atomic E-state index is 3.58. The Labute approximate surface area is 108 Å². The first-order valence-electron chi connectivity index (χ1n) is 6.13. The molecule has 1 nitrogen and oxygen atoms in total. The van der Waals surface area contributed by atoms with Crippen molar-refractivity contribution in [1.82, 2.24) is 5.32 Å². The first kappa shape index (κ1) is 12.3. The van der Waals surface area contributed by atoms with E-state index in [-0.39, 0.29) is 0 Å². The van der Waals surface area contributed by atoms with Gasteiger partial charge in [-0.05, 0) is 46.9 Å². The van der Waals surface area contributed by atoms with Crippen molar-refractivity contribution in [1.29, 1.82) is 0 Å². The molecule has 0 amide bonds. The Morgan fingerprint density at radius 2 is 1.94 bits per heavy atom.